The van der Waals surface area contributed by atoms with Crippen molar-refractivity contribution in [3.63, 3.8) is 0 Å². The van der Waals surface area contributed by atoms with Crippen LogP contribution in [0.1, 0.15) is 0 Å². The fourth-order valence-electron chi connectivity index (χ4n) is 1.87. The molecule has 0 aliphatic carbocycles. The normalized spacial score (nSPS) is 10.8. The Morgan fingerprint density at radius 3 is 2.43 bits per heavy atom. The summed E-state index contributed by atoms with van der Waals surface area (Å²) in [5, 5.41) is 13.3. The molecule has 9 heteroatoms. The summed E-state index contributed by atoms with van der Waals surface area (Å²) in [7, 11) is 3.10. The minimum absolute atomic E-state index is 0.0151. The first kappa shape index (κ1) is 18.9. The third-order valence-corrected chi connectivity index (χ3v) is 3.02. The summed E-state index contributed by atoms with van der Waals surface area (Å²) in [6, 6.07) is 2.99. The molecule has 0 aliphatic heterocycles. The maximum Gasteiger partial charge on any atom is 0.295 e. The van der Waals surface area contributed by atoms with Crippen molar-refractivity contribution in [2.24, 2.45) is 0 Å². The zero-order valence-electron chi connectivity index (χ0n) is 13.1. The molecule has 1 rings (SSSR count). The number of anilines is 1. The van der Waals surface area contributed by atoms with Crippen LogP contribution in [-0.2, 0) is 14.3 Å². The van der Waals surface area contributed by atoms with Gasteiger partial charge in [-0.25, -0.2) is 4.39 Å². The minimum atomic E-state index is -0.744. The average molecular weight is 329 g/mol. The largest absolute Gasteiger partial charge is 0.383 e. The maximum absolute atomic E-state index is 13.1. The molecule has 0 aliphatic rings. The lowest BCUT2D eigenvalue weighted by Gasteiger charge is -2.20. The van der Waals surface area contributed by atoms with E-state index < -0.39 is 22.3 Å². The number of halogens is 1. The standard InChI is InChI=1S/C14H20FN3O5/c1-22-7-5-17(6-8-23-2)10-14(19)16-12-4-3-11(15)9-13(12)18(20)21/h3-4,9H,5-8,10H2,1-2H3,(H,16,19). The van der Waals surface area contributed by atoms with Gasteiger partial charge in [0.05, 0.1) is 30.7 Å². The highest BCUT2D eigenvalue weighted by atomic mass is 19.1. The lowest BCUT2D eigenvalue weighted by atomic mass is 10.2. The monoisotopic (exact) mass is 329 g/mol. The van der Waals surface area contributed by atoms with Gasteiger partial charge in [-0.3, -0.25) is 19.8 Å². The van der Waals surface area contributed by atoms with E-state index in [0.717, 1.165) is 12.1 Å². The molecule has 0 radical (unpaired) electrons. The van der Waals surface area contributed by atoms with E-state index in [4.69, 9.17) is 9.47 Å². The van der Waals surface area contributed by atoms with Crippen LogP contribution >= 0.6 is 0 Å². The van der Waals surface area contributed by atoms with E-state index in [1.54, 1.807) is 19.1 Å². The van der Waals surface area contributed by atoms with Crippen molar-refractivity contribution < 1.29 is 23.6 Å². The Balaban J connectivity index is 2.71. The molecule has 128 valence electrons. The van der Waals surface area contributed by atoms with Crippen molar-refractivity contribution in [3.8, 4) is 0 Å². The second kappa shape index (κ2) is 9.82. The second-order valence-corrected chi connectivity index (χ2v) is 4.73. The van der Waals surface area contributed by atoms with Crippen LogP contribution < -0.4 is 5.32 Å². The van der Waals surface area contributed by atoms with Gasteiger partial charge in [0, 0.05) is 27.3 Å². The lowest BCUT2D eigenvalue weighted by molar-refractivity contribution is -0.384. The first-order chi connectivity index (χ1) is 11.0. The number of nitro groups is 1. The number of hydrogen-bond acceptors (Lipinski definition) is 6. The van der Waals surface area contributed by atoms with Gasteiger partial charge in [-0.05, 0) is 12.1 Å². The number of hydrogen-bond donors (Lipinski definition) is 1. The number of nitro benzene ring substituents is 1. The molecule has 0 aromatic heterocycles. The van der Waals surface area contributed by atoms with Gasteiger partial charge in [-0.15, -0.1) is 0 Å². The minimum Gasteiger partial charge on any atom is -0.383 e. The van der Waals surface area contributed by atoms with Crippen LogP contribution in [-0.4, -0.2) is 62.8 Å². The Hall–Kier alpha value is -2.10. The molecule has 0 fully saturated rings. The number of ether oxygens (including phenoxy) is 2. The molecule has 0 bridgehead atoms. The zero-order chi connectivity index (χ0) is 17.2. The van der Waals surface area contributed by atoms with E-state index in [0.29, 0.717) is 26.3 Å². The summed E-state index contributed by atoms with van der Waals surface area (Å²) >= 11 is 0. The van der Waals surface area contributed by atoms with Crippen LogP contribution in [0.4, 0.5) is 15.8 Å². The highest BCUT2D eigenvalue weighted by Crippen LogP contribution is 2.24. The van der Waals surface area contributed by atoms with Crippen molar-refractivity contribution in [1.29, 1.82) is 0 Å². The molecule has 0 saturated carbocycles. The van der Waals surface area contributed by atoms with Crippen molar-refractivity contribution in [2.45, 2.75) is 0 Å². The smallest absolute Gasteiger partial charge is 0.295 e. The molecule has 1 aromatic carbocycles. The van der Waals surface area contributed by atoms with E-state index in [1.807, 2.05) is 0 Å². The Morgan fingerprint density at radius 1 is 1.30 bits per heavy atom. The Morgan fingerprint density at radius 2 is 1.91 bits per heavy atom. The summed E-state index contributed by atoms with van der Waals surface area (Å²) in [5.74, 6) is -1.18. The topological polar surface area (TPSA) is 93.9 Å². The molecule has 0 heterocycles. The SMILES string of the molecule is COCCN(CCOC)CC(=O)Nc1ccc(F)cc1[N+](=O)[O-]. The summed E-state index contributed by atoms with van der Waals surface area (Å²) in [5.41, 5.74) is -0.529. The van der Waals surface area contributed by atoms with E-state index in [-0.39, 0.29) is 12.2 Å². The van der Waals surface area contributed by atoms with Gasteiger partial charge in [0.15, 0.2) is 0 Å². The Labute approximate surface area is 133 Å². The lowest BCUT2D eigenvalue weighted by Crippen LogP contribution is -2.37. The van der Waals surface area contributed by atoms with Crippen LogP contribution in [0.15, 0.2) is 18.2 Å². The van der Waals surface area contributed by atoms with Crippen LogP contribution in [0.2, 0.25) is 0 Å². The average Bonchev–Trinajstić information content (AvgIpc) is 2.51. The first-order valence-electron chi connectivity index (χ1n) is 6.92. The zero-order valence-corrected chi connectivity index (χ0v) is 13.1. The number of carbonyl (C=O) groups excluding carboxylic acids is 1. The Kier molecular flexibility index (Phi) is 8.09. The van der Waals surface area contributed by atoms with Gasteiger partial charge >= 0.3 is 0 Å². The van der Waals surface area contributed by atoms with Gasteiger partial charge < -0.3 is 14.8 Å². The molecule has 23 heavy (non-hydrogen) atoms. The summed E-state index contributed by atoms with van der Waals surface area (Å²) in [6.07, 6.45) is 0. The summed E-state index contributed by atoms with van der Waals surface area (Å²) in [4.78, 5) is 24.0. The summed E-state index contributed by atoms with van der Waals surface area (Å²) in [6.45, 7) is 1.92. The number of rotatable bonds is 10. The van der Waals surface area contributed by atoms with Crippen molar-refractivity contribution in [2.75, 3.05) is 52.4 Å². The van der Waals surface area contributed by atoms with Gasteiger partial charge in [0.2, 0.25) is 5.91 Å². The van der Waals surface area contributed by atoms with Crippen molar-refractivity contribution in [3.05, 3.63) is 34.1 Å². The van der Waals surface area contributed by atoms with E-state index in [9.17, 15) is 19.3 Å². The molecule has 1 N–H and O–H groups in total. The molecule has 1 aromatic rings. The molecule has 0 atom stereocenters. The molecule has 0 saturated heterocycles. The number of nitrogens with one attached hydrogen (secondary N) is 1. The Bertz CT molecular complexity index is 533. The predicted molar refractivity (Wildman–Crippen MR) is 81.9 cm³/mol. The third-order valence-electron chi connectivity index (χ3n) is 3.02. The fraction of sp³-hybridized carbons (Fsp3) is 0.500. The van der Waals surface area contributed by atoms with Gasteiger partial charge in [-0.1, -0.05) is 0 Å². The van der Waals surface area contributed by atoms with Crippen molar-refractivity contribution >= 4 is 17.3 Å². The summed E-state index contributed by atoms with van der Waals surface area (Å²) < 4.78 is 23.0. The number of methoxy groups -OCH3 is 2. The van der Waals surface area contributed by atoms with Crippen LogP contribution in [0.5, 0.6) is 0 Å². The maximum atomic E-state index is 13.1. The molecule has 8 nitrogen and oxygen atoms in total. The molecule has 0 spiro atoms. The first-order valence-corrected chi connectivity index (χ1v) is 6.92. The van der Waals surface area contributed by atoms with Gasteiger partial charge in [0.1, 0.15) is 11.5 Å². The van der Waals surface area contributed by atoms with Crippen LogP contribution in [0.25, 0.3) is 0 Å². The number of nitrogens with zero attached hydrogens (tertiary/aromatic N) is 2. The quantitative estimate of drug-likeness (QED) is 0.513. The third kappa shape index (κ3) is 6.68. The van der Waals surface area contributed by atoms with Crippen LogP contribution in [0, 0.1) is 15.9 Å². The highest BCUT2D eigenvalue weighted by molar-refractivity contribution is 5.94. The van der Waals surface area contributed by atoms with E-state index >= 15 is 0 Å². The predicted octanol–water partition coefficient (Wildman–Crippen LogP) is 1.27. The number of carbonyl (C=O) groups is 1. The van der Waals surface area contributed by atoms with E-state index in [2.05, 4.69) is 5.32 Å². The molecular weight excluding hydrogens is 309 g/mol. The number of amides is 1. The van der Waals surface area contributed by atoms with Crippen LogP contribution in [0.3, 0.4) is 0 Å². The van der Waals surface area contributed by atoms with Crippen molar-refractivity contribution in [1.82, 2.24) is 4.90 Å². The molecule has 0 unspecified atom stereocenters. The molecular formula is C14H20FN3O5. The fourth-order valence-corrected chi connectivity index (χ4v) is 1.87. The van der Waals surface area contributed by atoms with E-state index in [1.165, 1.54) is 6.07 Å². The molecule has 1 amide bonds. The van der Waals surface area contributed by atoms with Gasteiger partial charge in [0.25, 0.3) is 5.69 Å². The van der Waals surface area contributed by atoms with Gasteiger partial charge in [-0.2, -0.15) is 0 Å². The second-order valence-electron chi connectivity index (χ2n) is 4.73. The highest BCUT2D eigenvalue weighted by Gasteiger charge is 2.18. The number of benzene rings is 1.